The summed E-state index contributed by atoms with van der Waals surface area (Å²) in [4.78, 5) is 0. The summed E-state index contributed by atoms with van der Waals surface area (Å²) in [6, 6.07) is 6.97. The fraction of sp³-hybridized carbons (Fsp3) is 0.684. The number of benzene rings is 1. The van der Waals surface area contributed by atoms with E-state index in [-0.39, 0.29) is 5.82 Å². The fourth-order valence-electron chi connectivity index (χ4n) is 2.44. The zero-order valence-electron chi connectivity index (χ0n) is 14.4. The lowest BCUT2D eigenvalue weighted by Crippen LogP contribution is -2.28. The average molecular weight is 293 g/mol. The van der Waals surface area contributed by atoms with E-state index in [1.807, 2.05) is 12.1 Å². The molecule has 21 heavy (non-hydrogen) atoms. The highest BCUT2D eigenvalue weighted by atomic mass is 19.1. The molecule has 1 unspecified atom stereocenters. The van der Waals surface area contributed by atoms with Crippen molar-refractivity contribution in [3.05, 3.63) is 35.6 Å². The Hall–Kier alpha value is -0.890. The molecule has 0 aliphatic rings. The minimum absolute atomic E-state index is 0.150. The standard InChI is InChI=1S/C19H32FN/c1-15(2)13-21-14-17(10-11-19(3,4)5)12-16-6-8-18(20)9-7-16/h6-9,15,17,21H,10-14H2,1-5H3. The number of hydrogen-bond acceptors (Lipinski definition) is 1. The van der Waals surface area contributed by atoms with Crippen molar-refractivity contribution in [2.45, 2.75) is 53.9 Å². The van der Waals surface area contributed by atoms with E-state index in [1.54, 1.807) is 12.1 Å². The van der Waals surface area contributed by atoms with E-state index in [0.29, 0.717) is 17.3 Å². The van der Waals surface area contributed by atoms with Crippen LogP contribution < -0.4 is 5.32 Å². The SMILES string of the molecule is CC(C)CNCC(CCC(C)(C)C)Cc1ccc(F)cc1. The maximum absolute atomic E-state index is 13.0. The summed E-state index contributed by atoms with van der Waals surface area (Å²) in [6.07, 6.45) is 3.47. The molecular weight excluding hydrogens is 261 g/mol. The van der Waals surface area contributed by atoms with Gasteiger partial charge in [-0.1, -0.05) is 46.8 Å². The monoisotopic (exact) mass is 293 g/mol. The van der Waals surface area contributed by atoms with E-state index >= 15 is 0 Å². The molecule has 0 saturated carbocycles. The first-order chi connectivity index (χ1) is 9.76. The third kappa shape index (κ3) is 8.87. The van der Waals surface area contributed by atoms with Crippen LogP contribution in [0.3, 0.4) is 0 Å². The summed E-state index contributed by atoms with van der Waals surface area (Å²) in [6.45, 7) is 13.5. The second-order valence-electron chi connectivity index (χ2n) is 7.85. The van der Waals surface area contributed by atoms with Crippen molar-refractivity contribution in [3.63, 3.8) is 0 Å². The fourth-order valence-corrected chi connectivity index (χ4v) is 2.44. The van der Waals surface area contributed by atoms with Crippen LogP contribution in [-0.4, -0.2) is 13.1 Å². The van der Waals surface area contributed by atoms with E-state index < -0.39 is 0 Å². The first-order valence-electron chi connectivity index (χ1n) is 8.21. The number of hydrogen-bond donors (Lipinski definition) is 1. The molecule has 1 nitrogen and oxygen atoms in total. The van der Waals surface area contributed by atoms with Gasteiger partial charge < -0.3 is 5.32 Å². The van der Waals surface area contributed by atoms with Crippen molar-refractivity contribution in [2.75, 3.05) is 13.1 Å². The topological polar surface area (TPSA) is 12.0 Å². The number of rotatable bonds is 8. The van der Waals surface area contributed by atoms with Gasteiger partial charge in [0.2, 0.25) is 0 Å². The van der Waals surface area contributed by atoms with Gasteiger partial charge in [-0.3, -0.25) is 0 Å². The zero-order valence-corrected chi connectivity index (χ0v) is 14.4. The van der Waals surface area contributed by atoms with Crippen molar-refractivity contribution in [2.24, 2.45) is 17.3 Å². The van der Waals surface area contributed by atoms with Gasteiger partial charge in [0, 0.05) is 0 Å². The van der Waals surface area contributed by atoms with Gasteiger partial charge >= 0.3 is 0 Å². The Bertz CT molecular complexity index is 389. The highest BCUT2D eigenvalue weighted by Gasteiger charge is 2.16. The number of nitrogens with one attached hydrogen (secondary N) is 1. The molecule has 0 aliphatic carbocycles. The molecule has 2 heteroatoms. The predicted molar refractivity (Wildman–Crippen MR) is 90.0 cm³/mol. The normalized spacial score (nSPS) is 13.7. The van der Waals surface area contributed by atoms with E-state index in [2.05, 4.69) is 39.9 Å². The molecule has 0 spiro atoms. The zero-order chi connectivity index (χ0) is 15.9. The third-order valence-electron chi connectivity index (χ3n) is 3.73. The lowest BCUT2D eigenvalue weighted by atomic mass is 9.84. The van der Waals surface area contributed by atoms with Crippen molar-refractivity contribution in [1.29, 1.82) is 0 Å². The molecule has 1 atom stereocenters. The molecule has 0 saturated heterocycles. The minimum Gasteiger partial charge on any atom is -0.316 e. The van der Waals surface area contributed by atoms with Crippen LogP contribution in [0.25, 0.3) is 0 Å². The van der Waals surface area contributed by atoms with Crippen LogP contribution in [-0.2, 0) is 6.42 Å². The van der Waals surface area contributed by atoms with Gasteiger partial charge in [-0.15, -0.1) is 0 Å². The first kappa shape index (κ1) is 18.2. The van der Waals surface area contributed by atoms with Gasteiger partial charge in [0.05, 0.1) is 0 Å². The molecule has 0 aromatic heterocycles. The summed E-state index contributed by atoms with van der Waals surface area (Å²) < 4.78 is 13.0. The average Bonchev–Trinajstić information content (AvgIpc) is 2.37. The summed E-state index contributed by atoms with van der Waals surface area (Å²) in [5.74, 6) is 1.15. The molecule has 1 rings (SSSR count). The molecule has 0 radical (unpaired) electrons. The largest absolute Gasteiger partial charge is 0.316 e. The van der Waals surface area contributed by atoms with Crippen LogP contribution >= 0.6 is 0 Å². The Morgan fingerprint density at radius 1 is 1.05 bits per heavy atom. The quantitative estimate of drug-likeness (QED) is 0.706. The van der Waals surface area contributed by atoms with Gasteiger partial charge in [-0.2, -0.15) is 0 Å². The summed E-state index contributed by atoms with van der Waals surface area (Å²) >= 11 is 0. The minimum atomic E-state index is -0.150. The first-order valence-corrected chi connectivity index (χ1v) is 8.21. The molecule has 1 N–H and O–H groups in total. The number of halogens is 1. The summed E-state index contributed by atoms with van der Waals surface area (Å²) in [7, 11) is 0. The van der Waals surface area contributed by atoms with Crippen molar-refractivity contribution >= 4 is 0 Å². The van der Waals surface area contributed by atoms with E-state index in [0.717, 1.165) is 19.5 Å². The van der Waals surface area contributed by atoms with Gasteiger partial charge in [-0.05, 0) is 67.3 Å². The molecule has 0 fully saturated rings. The van der Waals surface area contributed by atoms with Crippen molar-refractivity contribution < 1.29 is 4.39 Å². The van der Waals surface area contributed by atoms with Gasteiger partial charge in [0.15, 0.2) is 0 Å². The van der Waals surface area contributed by atoms with Crippen LogP contribution in [0.1, 0.15) is 53.0 Å². The van der Waals surface area contributed by atoms with Gasteiger partial charge in [-0.25, -0.2) is 4.39 Å². The highest BCUT2D eigenvalue weighted by Crippen LogP contribution is 2.25. The summed E-state index contributed by atoms with van der Waals surface area (Å²) in [5.41, 5.74) is 1.61. The van der Waals surface area contributed by atoms with Gasteiger partial charge in [0.1, 0.15) is 5.82 Å². The molecule has 1 aromatic rings. The van der Waals surface area contributed by atoms with Crippen molar-refractivity contribution in [3.8, 4) is 0 Å². The smallest absolute Gasteiger partial charge is 0.123 e. The Morgan fingerprint density at radius 3 is 2.19 bits per heavy atom. The van der Waals surface area contributed by atoms with E-state index in [4.69, 9.17) is 0 Å². The van der Waals surface area contributed by atoms with Crippen LogP contribution in [0.5, 0.6) is 0 Å². The molecule has 0 heterocycles. The lowest BCUT2D eigenvalue weighted by molar-refractivity contribution is 0.311. The summed E-state index contributed by atoms with van der Waals surface area (Å²) in [5, 5.41) is 3.58. The molecule has 0 amide bonds. The van der Waals surface area contributed by atoms with Gasteiger partial charge in [0.25, 0.3) is 0 Å². The second-order valence-corrected chi connectivity index (χ2v) is 7.85. The Morgan fingerprint density at radius 2 is 1.67 bits per heavy atom. The molecule has 0 bridgehead atoms. The maximum Gasteiger partial charge on any atom is 0.123 e. The van der Waals surface area contributed by atoms with Crippen LogP contribution in [0.15, 0.2) is 24.3 Å². The Kier molecular flexibility index (Phi) is 7.37. The van der Waals surface area contributed by atoms with E-state index in [9.17, 15) is 4.39 Å². The highest BCUT2D eigenvalue weighted by molar-refractivity contribution is 5.16. The van der Waals surface area contributed by atoms with Crippen molar-refractivity contribution in [1.82, 2.24) is 5.32 Å². The molecule has 0 aliphatic heterocycles. The molecule has 1 aromatic carbocycles. The predicted octanol–water partition coefficient (Wildman–Crippen LogP) is 5.06. The van der Waals surface area contributed by atoms with Crippen LogP contribution in [0.4, 0.5) is 4.39 Å². The van der Waals surface area contributed by atoms with Crippen LogP contribution in [0.2, 0.25) is 0 Å². The Balaban J connectivity index is 2.55. The van der Waals surface area contributed by atoms with Crippen LogP contribution in [0, 0.1) is 23.1 Å². The molecular formula is C19H32FN. The lowest BCUT2D eigenvalue weighted by Gasteiger charge is -2.24. The van der Waals surface area contributed by atoms with E-state index in [1.165, 1.54) is 18.4 Å². The Labute approximate surface area is 130 Å². The second kappa shape index (κ2) is 8.53. The molecule has 120 valence electrons. The maximum atomic E-state index is 13.0. The third-order valence-corrected chi connectivity index (χ3v) is 3.73.